The predicted molar refractivity (Wildman–Crippen MR) is 82.9 cm³/mol. The van der Waals surface area contributed by atoms with E-state index in [4.69, 9.17) is 27.9 Å². The zero-order valence-electron chi connectivity index (χ0n) is 11.9. The van der Waals surface area contributed by atoms with Crippen LogP contribution in [0.2, 0.25) is 10.0 Å². The second kappa shape index (κ2) is 7.45. The number of carboxylic acid groups (broad SMARTS) is 1. The Hall–Kier alpha value is -0.810. The molecule has 0 aliphatic carbocycles. The van der Waals surface area contributed by atoms with Gasteiger partial charge in [-0.1, -0.05) is 36.2 Å². The van der Waals surface area contributed by atoms with Gasteiger partial charge in [-0.25, -0.2) is 0 Å². The van der Waals surface area contributed by atoms with Crippen LogP contribution in [0, 0.1) is 5.92 Å². The van der Waals surface area contributed by atoms with Crippen LogP contribution in [0.5, 0.6) is 0 Å². The molecule has 0 aromatic heterocycles. The van der Waals surface area contributed by atoms with Gasteiger partial charge < -0.3 is 9.84 Å². The molecule has 1 heterocycles. The lowest BCUT2D eigenvalue weighted by Gasteiger charge is -2.30. The molecule has 21 heavy (non-hydrogen) atoms. The third kappa shape index (κ3) is 4.10. The van der Waals surface area contributed by atoms with E-state index in [1.54, 1.807) is 6.07 Å². The van der Waals surface area contributed by atoms with Crippen molar-refractivity contribution in [1.29, 1.82) is 0 Å². The fourth-order valence-electron chi connectivity index (χ4n) is 2.66. The lowest BCUT2D eigenvalue weighted by atomic mass is 10.0. The van der Waals surface area contributed by atoms with E-state index in [2.05, 4.69) is 11.8 Å². The summed E-state index contributed by atoms with van der Waals surface area (Å²) in [4.78, 5) is 13.5. The number of aliphatic carboxylic acids is 1. The minimum absolute atomic E-state index is 0.100. The molecule has 2 unspecified atom stereocenters. The second-order valence-electron chi connectivity index (χ2n) is 5.27. The van der Waals surface area contributed by atoms with E-state index in [9.17, 15) is 9.90 Å². The van der Waals surface area contributed by atoms with Gasteiger partial charge in [-0.2, -0.15) is 0 Å². The fourth-order valence-corrected chi connectivity index (χ4v) is 2.98. The molecule has 2 atom stereocenters. The summed E-state index contributed by atoms with van der Waals surface area (Å²) in [7, 11) is 0. The molecule has 0 spiro atoms. The van der Waals surface area contributed by atoms with Crippen LogP contribution in [0.15, 0.2) is 18.2 Å². The van der Waals surface area contributed by atoms with Crippen LogP contribution in [0.4, 0.5) is 0 Å². The highest BCUT2D eigenvalue weighted by Crippen LogP contribution is 2.26. The molecule has 0 saturated carbocycles. The van der Waals surface area contributed by atoms with Crippen LogP contribution in [0.25, 0.3) is 0 Å². The maximum absolute atomic E-state index is 11.3. The van der Waals surface area contributed by atoms with E-state index in [1.165, 1.54) is 0 Å². The van der Waals surface area contributed by atoms with Gasteiger partial charge in [-0.3, -0.25) is 9.69 Å². The SMILES string of the molecule is CCCN(Cc1ccc(Cl)c(Cl)c1)C1COCC1C(=O)O. The molecular weight excluding hydrogens is 313 g/mol. The van der Waals surface area contributed by atoms with Gasteiger partial charge in [0.2, 0.25) is 0 Å². The molecule has 0 amide bonds. The van der Waals surface area contributed by atoms with Gasteiger partial charge in [0.25, 0.3) is 0 Å². The molecule has 1 aliphatic rings. The highest BCUT2D eigenvalue weighted by atomic mass is 35.5. The van der Waals surface area contributed by atoms with Gasteiger partial charge in [0.15, 0.2) is 0 Å². The van der Waals surface area contributed by atoms with Crippen molar-refractivity contribution < 1.29 is 14.6 Å². The average Bonchev–Trinajstić information content (AvgIpc) is 2.92. The maximum atomic E-state index is 11.3. The molecule has 1 fully saturated rings. The summed E-state index contributed by atoms with van der Waals surface area (Å²) < 4.78 is 5.37. The molecule has 1 saturated heterocycles. The largest absolute Gasteiger partial charge is 0.481 e. The third-order valence-corrected chi connectivity index (χ3v) is 4.46. The molecule has 1 aliphatic heterocycles. The first kappa shape index (κ1) is 16.6. The first-order chi connectivity index (χ1) is 10.0. The fraction of sp³-hybridized carbons (Fsp3) is 0.533. The molecule has 4 nitrogen and oxygen atoms in total. The summed E-state index contributed by atoms with van der Waals surface area (Å²) in [5.74, 6) is -1.27. The van der Waals surface area contributed by atoms with Gasteiger partial charge in [0.1, 0.15) is 0 Å². The van der Waals surface area contributed by atoms with Gasteiger partial charge in [0.05, 0.1) is 29.2 Å². The van der Waals surface area contributed by atoms with E-state index in [0.717, 1.165) is 18.5 Å². The summed E-state index contributed by atoms with van der Waals surface area (Å²) in [6.07, 6.45) is 0.949. The predicted octanol–water partition coefficient (Wildman–Crippen LogP) is 3.31. The Kier molecular flexibility index (Phi) is 5.88. The lowest BCUT2D eigenvalue weighted by Crippen LogP contribution is -2.43. The second-order valence-corrected chi connectivity index (χ2v) is 6.08. The molecule has 1 aromatic carbocycles. The van der Waals surface area contributed by atoms with Crippen molar-refractivity contribution in [2.24, 2.45) is 5.92 Å². The van der Waals surface area contributed by atoms with Gasteiger partial charge in [0, 0.05) is 12.6 Å². The Bertz CT molecular complexity index is 510. The van der Waals surface area contributed by atoms with Crippen molar-refractivity contribution >= 4 is 29.2 Å². The molecule has 2 rings (SSSR count). The van der Waals surface area contributed by atoms with Crippen molar-refractivity contribution in [2.45, 2.75) is 25.9 Å². The van der Waals surface area contributed by atoms with Crippen LogP contribution in [0.1, 0.15) is 18.9 Å². The van der Waals surface area contributed by atoms with Crippen molar-refractivity contribution in [1.82, 2.24) is 4.90 Å². The number of benzene rings is 1. The summed E-state index contributed by atoms with van der Waals surface area (Å²) in [5.41, 5.74) is 1.02. The van der Waals surface area contributed by atoms with Crippen molar-refractivity contribution in [3.8, 4) is 0 Å². The van der Waals surface area contributed by atoms with Crippen LogP contribution in [-0.2, 0) is 16.1 Å². The smallest absolute Gasteiger partial charge is 0.310 e. The van der Waals surface area contributed by atoms with Crippen molar-refractivity contribution in [2.75, 3.05) is 19.8 Å². The molecule has 6 heteroatoms. The van der Waals surface area contributed by atoms with E-state index < -0.39 is 11.9 Å². The molecule has 0 radical (unpaired) electrons. The van der Waals surface area contributed by atoms with Crippen molar-refractivity contribution in [3.63, 3.8) is 0 Å². The Labute approximate surface area is 134 Å². The number of hydrogen-bond acceptors (Lipinski definition) is 3. The number of rotatable bonds is 6. The summed E-state index contributed by atoms with van der Waals surface area (Å²) in [6.45, 7) is 4.27. The van der Waals surface area contributed by atoms with Crippen LogP contribution >= 0.6 is 23.2 Å². The monoisotopic (exact) mass is 331 g/mol. The van der Waals surface area contributed by atoms with E-state index >= 15 is 0 Å². The molecule has 1 aromatic rings. The average molecular weight is 332 g/mol. The molecule has 1 N–H and O–H groups in total. The number of carbonyl (C=O) groups is 1. The lowest BCUT2D eigenvalue weighted by molar-refractivity contribution is -0.143. The number of halogens is 2. The summed E-state index contributed by atoms with van der Waals surface area (Å²) in [5, 5.41) is 10.3. The summed E-state index contributed by atoms with van der Waals surface area (Å²) >= 11 is 12.0. The Morgan fingerprint density at radius 3 is 2.76 bits per heavy atom. The van der Waals surface area contributed by atoms with E-state index in [1.807, 2.05) is 12.1 Å². The standard InChI is InChI=1S/C15H19Cl2NO3/c1-2-5-18(14-9-21-8-11(14)15(19)20)7-10-3-4-12(16)13(17)6-10/h3-4,6,11,14H,2,5,7-9H2,1H3,(H,19,20). The Morgan fingerprint density at radius 2 is 2.14 bits per heavy atom. The van der Waals surface area contributed by atoms with Crippen LogP contribution in [-0.4, -0.2) is 41.8 Å². The third-order valence-electron chi connectivity index (χ3n) is 3.72. The quantitative estimate of drug-likeness (QED) is 0.868. The zero-order chi connectivity index (χ0) is 15.4. The van der Waals surface area contributed by atoms with Gasteiger partial charge in [-0.15, -0.1) is 0 Å². The number of nitrogens with zero attached hydrogens (tertiary/aromatic N) is 1. The Balaban J connectivity index is 2.14. The van der Waals surface area contributed by atoms with Gasteiger partial charge >= 0.3 is 5.97 Å². The van der Waals surface area contributed by atoms with Crippen LogP contribution in [0.3, 0.4) is 0 Å². The van der Waals surface area contributed by atoms with Crippen LogP contribution < -0.4 is 0 Å². The highest BCUT2D eigenvalue weighted by molar-refractivity contribution is 6.42. The highest BCUT2D eigenvalue weighted by Gasteiger charge is 2.37. The zero-order valence-corrected chi connectivity index (χ0v) is 13.4. The first-order valence-electron chi connectivity index (χ1n) is 7.01. The summed E-state index contributed by atoms with van der Waals surface area (Å²) in [6, 6.07) is 5.42. The van der Waals surface area contributed by atoms with E-state index in [0.29, 0.717) is 23.2 Å². The minimum Gasteiger partial charge on any atom is -0.481 e. The van der Waals surface area contributed by atoms with E-state index in [-0.39, 0.29) is 12.6 Å². The molecular formula is C15H19Cl2NO3. The minimum atomic E-state index is -0.798. The van der Waals surface area contributed by atoms with Crippen molar-refractivity contribution in [3.05, 3.63) is 33.8 Å². The molecule has 116 valence electrons. The number of hydrogen-bond donors (Lipinski definition) is 1. The Morgan fingerprint density at radius 1 is 1.38 bits per heavy atom. The molecule has 0 bridgehead atoms. The number of carboxylic acids is 1. The topological polar surface area (TPSA) is 49.8 Å². The van der Waals surface area contributed by atoms with Gasteiger partial charge in [-0.05, 0) is 30.7 Å². The first-order valence-corrected chi connectivity index (χ1v) is 7.77. The maximum Gasteiger partial charge on any atom is 0.310 e. The normalized spacial score (nSPS) is 21.9. The number of ether oxygens (including phenoxy) is 1.